The summed E-state index contributed by atoms with van der Waals surface area (Å²) in [5.41, 5.74) is 2.16. The van der Waals surface area contributed by atoms with Crippen molar-refractivity contribution in [2.75, 3.05) is 0 Å². The van der Waals surface area contributed by atoms with Crippen molar-refractivity contribution < 1.29 is 4.79 Å². The molecule has 0 N–H and O–H groups in total. The van der Waals surface area contributed by atoms with E-state index in [1.54, 1.807) is 0 Å². The van der Waals surface area contributed by atoms with Crippen molar-refractivity contribution in [3.63, 3.8) is 0 Å². The molecule has 2 aromatic carbocycles. The topological polar surface area (TPSA) is 17.1 Å². The van der Waals surface area contributed by atoms with E-state index >= 15 is 0 Å². The average molecular weight is 240 g/mol. The number of aryl methyl sites for hydroxylation is 1. The molecule has 0 unspecified atom stereocenters. The summed E-state index contributed by atoms with van der Waals surface area (Å²) in [6.07, 6.45) is 7.20. The molecule has 0 atom stereocenters. The maximum absolute atomic E-state index is 10.8. The predicted octanol–water partition coefficient (Wildman–Crippen LogP) is 4.78. The maximum Gasteiger partial charge on any atom is 0.150 e. The van der Waals surface area contributed by atoms with Crippen molar-refractivity contribution in [2.45, 2.75) is 39.0 Å². The van der Waals surface area contributed by atoms with Crippen LogP contribution in [0.15, 0.2) is 36.4 Å². The number of hydrogen-bond donors (Lipinski definition) is 0. The third-order valence-electron chi connectivity index (χ3n) is 3.43. The number of unbranched alkanes of at least 4 members (excludes halogenated alkanes) is 3. The molecule has 0 aliphatic carbocycles. The fourth-order valence-electron chi connectivity index (χ4n) is 2.40. The molecule has 94 valence electrons. The van der Waals surface area contributed by atoms with Crippen molar-refractivity contribution >= 4 is 17.1 Å². The van der Waals surface area contributed by atoms with Gasteiger partial charge in [-0.05, 0) is 35.2 Å². The van der Waals surface area contributed by atoms with Gasteiger partial charge in [-0.1, -0.05) is 56.5 Å². The zero-order valence-corrected chi connectivity index (χ0v) is 11.0. The van der Waals surface area contributed by atoms with Crippen LogP contribution in [0.3, 0.4) is 0 Å². The van der Waals surface area contributed by atoms with Gasteiger partial charge in [0, 0.05) is 5.56 Å². The van der Waals surface area contributed by atoms with Gasteiger partial charge in [0.2, 0.25) is 0 Å². The zero-order chi connectivity index (χ0) is 12.8. The highest BCUT2D eigenvalue weighted by Gasteiger charge is 2.01. The standard InChI is InChI=1S/C17H20O/c1-2-3-4-5-7-15-8-6-9-16-12-14(13-18)10-11-17(15)16/h6,8-13H,2-5,7H2,1H3. The molecule has 2 rings (SSSR count). The number of fused-ring (bicyclic) bond motifs is 1. The van der Waals surface area contributed by atoms with E-state index in [0.717, 1.165) is 18.3 Å². The Morgan fingerprint density at radius 3 is 2.72 bits per heavy atom. The molecular formula is C17H20O. The fourth-order valence-corrected chi connectivity index (χ4v) is 2.40. The first-order valence-corrected chi connectivity index (χ1v) is 6.82. The summed E-state index contributed by atoms with van der Waals surface area (Å²) < 4.78 is 0. The quantitative estimate of drug-likeness (QED) is 0.525. The number of hydrogen-bond acceptors (Lipinski definition) is 1. The summed E-state index contributed by atoms with van der Waals surface area (Å²) in [4.78, 5) is 10.8. The lowest BCUT2D eigenvalue weighted by molar-refractivity contribution is 0.112. The Hall–Kier alpha value is -1.63. The van der Waals surface area contributed by atoms with E-state index in [-0.39, 0.29) is 0 Å². The van der Waals surface area contributed by atoms with E-state index in [1.165, 1.54) is 42.0 Å². The lowest BCUT2D eigenvalue weighted by atomic mass is 9.98. The van der Waals surface area contributed by atoms with Crippen molar-refractivity contribution in [3.8, 4) is 0 Å². The summed E-state index contributed by atoms with van der Waals surface area (Å²) in [5.74, 6) is 0. The maximum atomic E-state index is 10.8. The highest BCUT2D eigenvalue weighted by molar-refractivity contribution is 5.90. The second kappa shape index (κ2) is 6.34. The first-order chi connectivity index (χ1) is 8.85. The molecule has 0 aliphatic rings. The smallest absolute Gasteiger partial charge is 0.150 e. The molecule has 0 fully saturated rings. The monoisotopic (exact) mass is 240 g/mol. The van der Waals surface area contributed by atoms with Gasteiger partial charge in [-0.3, -0.25) is 4.79 Å². The summed E-state index contributed by atoms with van der Waals surface area (Å²) in [5, 5.41) is 2.46. The summed E-state index contributed by atoms with van der Waals surface area (Å²) in [6, 6.07) is 12.3. The minimum absolute atomic E-state index is 0.755. The Kier molecular flexibility index (Phi) is 4.52. The summed E-state index contributed by atoms with van der Waals surface area (Å²) in [6.45, 7) is 2.23. The largest absolute Gasteiger partial charge is 0.298 e. The molecule has 0 amide bonds. The Balaban J connectivity index is 2.20. The van der Waals surface area contributed by atoms with Gasteiger partial charge in [-0.2, -0.15) is 0 Å². The van der Waals surface area contributed by atoms with Crippen LogP contribution in [-0.2, 0) is 6.42 Å². The number of aldehydes is 1. The van der Waals surface area contributed by atoms with E-state index in [9.17, 15) is 4.79 Å². The second-order valence-electron chi connectivity index (χ2n) is 4.83. The lowest BCUT2D eigenvalue weighted by Gasteiger charge is -2.07. The summed E-state index contributed by atoms with van der Waals surface area (Å²) >= 11 is 0. The van der Waals surface area contributed by atoms with Crippen LogP contribution >= 0.6 is 0 Å². The van der Waals surface area contributed by atoms with Gasteiger partial charge in [0.05, 0.1) is 0 Å². The van der Waals surface area contributed by atoms with Crippen LogP contribution in [0.25, 0.3) is 10.8 Å². The van der Waals surface area contributed by atoms with Gasteiger partial charge in [-0.25, -0.2) is 0 Å². The van der Waals surface area contributed by atoms with Crippen molar-refractivity contribution in [2.24, 2.45) is 0 Å². The van der Waals surface area contributed by atoms with Gasteiger partial charge in [0.15, 0.2) is 0 Å². The van der Waals surface area contributed by atoms with E-state index < -0.39 is 0 Å². The van der Waals surface area contributed by atoms with Gasteiger partial charge in [0.25, 0.3) is 0 Å². The van der Waals surface area contributed by atoms with Crippen molar-refractivity contribution in [3.05, 3.63) is 47.5 Å². The zero-order valence-electron chi connectivity index (χ0n) is 11.0. The molecule has 0 saturated carbocycles. The van der Waals surface area contributed by atoms with Crippen LogP contribution in [0.2, 0.25) is 0 Å². The molecule has 0 aromatic heterocycles. The molecule has 0 bridgehead atoms. The van der Waals surface area contributed by atoms with E-state index in [1.807, 2.05) is 12.1 Å². The molecular weight excluding hydrogens is 220 g/mol. The second-order valence-corrected chi connectivity index (χ2v) is 4.83. The molecule has 18 heavy (non-hydrogen) atoms. The van der Waals surface area contributed by atoms with Crippen molar-refractivity contribution in [1.29, 1.82) is 0 Å². The lowest BCUT2D eigenvalue weighted by Crippen LogP contribution is -1.89. The Morgan fingerprint density at radius 1 is 1.06 bits per heavy atom. The third-order valence-corrected chi connectivity index (χ3v) is 3.43. The van der Waals surface area contributed by atoms with Crippen LogP contribution in [0.1, 0.15) is 48.5 Å². The van der Waals surface area contributed by atoms with Gasteiger partial charge >= 0.3 is 0 Å². The van der Waals surface area contributed by atoms with Crippen LogP contribution in [-0.4, -0.2) is 6.29 Å². The minimum Gasteiger partial charge on any atom is -0.298 e. The Morgan fingerprint density at radius 2 is 1.94 bits per heavy atom. The number of rotatable bonds is 6. The molecule has 2 aromatic rings. The van der Waals surface area contributed by atoms with Gasteiger partial charge in [0.1, 0.15) is 6.29 Å². The SMILES string of the molecule is CCCCCCc1cccc2cc(C=O)ccc12. The van der Waals surface area contributed by atoms with Gasteiger partial charge < -0.3 is 0 Å². The Labute approximate surface area is 109 Å². The van der Waals surface area contributed by atoms with Crippen LogP contribution in [0, 0.1) is 0 Å². The first kappa shape index (κ1) is 12.8. The van der Waals surface area contributed by atoms with Crippen LogP contribution in [0.4, 0.5) is 0 Å². The average Bonchev–Trinajstić information content (AvgIpc) is 2.43. The fraction of sp³-hybridized carbons (Fsp3) is 0.353. The van der Waals surface area contributed by atoms with Gasteiger partial charge in [-0.15, -0.1) is 0 Å². The van der Waals surface area contributed by atoms with E-state index in [2.05, 4.69) is 31.2 Å². The molecule has 0 radical (unpaired) electrons. The molecule has 0 spiro atoms. The molecule has 1 heteroatoms. The molecule has 0 heterocycles. The normalized spacial score (nSPS) is 10.7. The Bertz CT molecular complexity index is 528. The highest BCUT2D eigenvalue weighted by Crippen LogP contribution is 2.21. The first-order valence-electron chi connectivity index (χ1n) is 6.82. The summed E-state index contributed by atoms with van der Waals surface area (Å²) in [7, 11) is 0. The predicted molar refractivity (Wildman–Crippen MR) is 77.2 cm³/mol. The third kappa shape index (κ3) is 2.98. The van der Waals surface area contributed by atoms with E-state index in [4.69, 9.17) is 0 Å². The molecule has 0 saturated heterocycles. The molecule has 0 aliphatic heterocycles. The molecule has 1 nitrogen and oxygen atoms in total. The van der Waals surface area contributed by atoms with Crippen LogP contribution in [0.5, 0.6) is 0 Å². The minimum atomic E-state index is 0.755. The van der Waals surface area contributed by atoms with Crippen LogP contribution < -0.4 is 0 Å². The van der Waals surface area contributed by atoms with Crippen molar-refractivity contribution in [1.82, 2.24) is 0 Å². The number of benzene rings is 2. The number of carbonyl (C=O) groups is 1. The highest BCUT2D eigenvalue weighted by atomic mass is 16.1. The number of carbonyl (C=O) groups excluding carboxylic acids is 1. The van der Waals surface area contributed by atoms with E-state index in [0.29, 0.717) is 0 Å².